The maximum Gasteiger partial charge on any atom is 0.132 e. The summed E-state index contributed by atoms with van der Waals surface area (Å²) >= 11 is 0. The van der Waals surface area contributed by atoms with Gasteiger partial charge in [-0.25, -0.2) is 0 Å². The Bertz CT molecular complexity index is 920. The smallest absolute Gasteiger partial charge is 0.132 e. The van der Waals surface area contributed by atoms with E-state index in [0.29, 0.717) is 12.0 Å². The standard InChI is InChI=1S/C34H52N2/c1-24(2)13-18-33(31-16-14-29(15-17-31)25(3)4)36-27(7)32(23-28-11-9-8-10-12-28)35-34(36)21-19-30(20-22-34)26(5)6/h14-17,24,26,28,30,33H,3,7-13,18-23H2,1-2,4-6H3. The summed E-state index contributed by atoms with van der Waals surface area (Å²) in [4.78, 5) is 8.41. The maximum atomic E-state index is 5.68. The van der Waals surface area contributed by atoms with Gasteiger partial charge in [0.05, 0.1) is 17.5 Å². The average Bonchev–Trinajstić information content (AvgIpc) is 3.11. The number of hydrogen-bond donors (Lipinski definition) is 0. The van der Waals surface area contributed by atoms with Crippen molar-refractivity contribution in [2.45, 2.75) is 123 Å². The van der Waals surface area contributed by atoms with Crippen LogP contribution in [0.1, 0.15) is 129 Å². The topological polar surface area (TPSA) is 15.6 Å². The zero-order valence-corrected chi connectivity index (χ0v) is 24.0. The fourth-order valence-electron chi connectivity index (χ4n) is 7.11. The number of aliphatic imine (C=N–C) groups is 1. The summed E-state index contributed by atoms with van der Waals surface area (Å²) in [5, 5.41) is 0. The minimum atomic E-state index is -0.0961. The van der Waals surface area contributed by atoms with Crippen LogP contribution in [0.4, 0.5) is 0 Å². The van der Waals surface area contributed by atoms with Crippen molar-refractivity contribution < 1.29 is 0 Å². The zero-order valence-electron chi connectivity index (χ0n) is 24.0. The SMILES string of the molecule is C=C(C)c1ccc(C(CCC(C)C)N2C(=C)C(CC3CCCCC3)=NC23CCC(C(C)C)CC3)cc1. The molecule has 1 aromatic rings. The minimum absolute atomic E-state index is 0.0961. The fraction of sp³-hybridized carbons (Fsp3) is 0.676. The van der Waals surface area contributed by atoms with Crippen molar-refractivity contribution in [3.8, 4) is 0 Å². The highest BCUT2D eigenvalue weighted by atomic mass is 15.4. The quantitative estimate of drug-likeness (QED) is 0.337. The first-order valence-corrected chi connectivity index (χ1v) is 15.0. The molecule has 0 saturated heterocycles. The van der Waals surface area contributed by atoms with Gasteiger partial charge in [-0.3, -0.25) is 4.99 Å². The third-order valence-electron chi connectivity index (χ3n) is 9.51. The largest absolute Gasteiger partial charge is 0.339 e. The van der Waals surface area contributed by atoms with Crippen LogP contribution in [0.15, 0.2) is 48.1 Å². The summed E-state index contributed by atoms with van der Waals surface area (Å²) in [7, 11) is 0. The van der Waals surface area contributed by atoms with E-state index in [-0.39, 0.29) is 5.66 Å². The molecule has 0 N–H and O–H groups in total. The molecule has 1 heterocycles. The van der Waals surface area contributed by atoms with Gasteiger partial charge >= 0.3 is 0 Å². The normalized spacial score (nSPS) is 26.2. The molecule has 198 valence electrons. The van der Waals surface area contributed by atoms with E-state index >= 15 is 0 Å². The van der Waals surface area contributed by atoms with Gasteiger partial charge in [0.1, 0.15) is 5.66 Å². The van der Waals surface area contributed by atoms with Gasteiger partial charge in [-0.05, 0) is 86.7 Å². The lowest BCUT2D eigenvalue weighted by molar-refractivity contribution is 0.0414. The molecular weight excluding hydrogens is 436 g/mol. The van der Waals surface area contributed by atoms with Gasteiger partial charge in [0.25, 0.3) is 0 Å². The molecule has 2 aliphatic carbocycles. The van der Waals surface area contributed by atoms with Gasteiger partial charge in [-0.2, -0.15) is 0 Å². The fourth-order valence-corrected chi connectivity index (χ4v) is 7.11. The number of rotatable bonds is 9. The van der Waals surface area contributed by atoms with Crippen LogP contribution in [0.2, 0.25) is 0 Å². The van der Waals surface area contributed by atoms with E-state index in [9.17, 15) is 0 Å². The van der Waals surface area contributed by atoms with Gasteiger partial charge in [-0.1, -0.05) is 103 Å². The van der Waals surface area contributed by atoms with E-state index in [2.05, 4.69) is 70.4 Å². The van der Waals surface area contributed by atoms with Crippen molar-refractivity contribution in [3.05, 3.63) is 54.2 Å². The first-order chi connectivity index (χ1) is 17.2. The lowest BCUT2D eigenvalue weighted by atomic mass is 9.75. The molecule has 0 radical (unpaired) electrons. The van der Waals surface area contributed by atoms with Crippen LogP contribution in [0.3, 0.4) is 0 Å². The van der Waals surface area contributed by atoms with Crippen molar-refractivity contribution in [2.75, 3.05) is 0 Å². The molecule has 1 unspecified atom stereocenters. The molecule has 1 atom stereocenters. The Kier molecular flexibility index (Phi) is 8.84. The number of benzene rings is 1. The molecule has 2 saturated carbocycles. The molecule has 2 fully saturated rings. The predicted octanol–water partition coefficient (Wildman–Crippen LogP) is 9.98. The first-order valence-electron chi connectivity index (χ1n) is 15.0. The molecule has 2 nitrogen and oxygen atoms in total. The van der Waals surface area contributed by atoms with Gasteiger partial charge < -0.3 is 4.90 Å². The van der Waals surface area contributed by atoms with Crippen LogP contribution in [0.5, 0.6) is 0 Å². The van der Waals surface area contributed by atoms with Crippen LogP contribution >= 0.6 is 0 Å². The van der Waals surface area contributed by atoms with Crippen LogP contribution in [-0.4, -0.2) is 16.3 Å². The predicted molar refractivity (Wildman–Crippen MR) is 157 cm³/mol. The zero-order chi connectivity index (χ0) is 25.9. The summed E-state index contributed by atoms with van der Waals surface area (Å²) in [6.07, 6.45) is 15.4. The summed E-state index contributed by atoms with van der Waals surface area (Å²) in [5.74, 6) is 3.07. The Morgan fingerprint density at radius 1 is 0.972 bits per heavy atom. The third-order valence-corrected chi connectivity index (χ3v) is 9.51. The summed E-state index contributed by atoms with van der Waals surface area (Å²) in [6, 6.07) is 9.59. The van der Waals surface area contributed by atoms with Gasteiger partial charge in [0, 0.05) is 0 Å². The molecule has 0 bridgehead atoms. The van der Waals surface area contributed by atoms with Crippen molar-refractivity contribution in [3.63, 3.8) is 0 Å². The molecule has 1 aliphatic heterocycles. The first kappa shape index (κ1) is 27.2. The summed E-state index contributed by atoms with van der Waals surface area (Å²) in [6.45, 7) is 20.6. The Labute approximate surface area is 222 Å². The van der Waals surface area contributed by atoms with Crippen LogP contribution in [-0.2, 0) is 0 Å². The molecule has 2 heteroatoms. The molecule has 3 aliphatic rings. The van der Waals surface area contributed by atoms with Crippen molar-refractivity contribution in [1.82, 2.24) is 4.90 Å². The second-order valence-corrected chi connectivity index (χ2v) is 13.0. The highest BCUT2D eigenvalue weighted by Crippen LogP contribution is 2.50. The molecule has 4 rings (SSSR count). The number of hydrogen-bond acceptors (Lipinski definition) is 2. The minimum Gasteiger partial charge on any atom is -0.339 e. The van der Waals surface area contributed by atoms with E-state index in [1.165, 1.54) is 86.7 Å². The average molecular weight is 489 g/mol. The van der Waals surface area contributed by atoms with E-state index in [0.717, 1.165) is 36.2 Å². The second kappa shape index (κ2) is 11.7. The monoisotopic (exact) mass is 488 g/mol. The van der Waals surface area contributed by atoms with Gasteiger partial charge in [-0.15, -0.1) is 0 Å². The molecule has 36 heavy (non-hydrogen) atoms. The van der Waals surface area contributed by atoms with E-state index in [1.54, 1.807) is 0 Å². The Balaban J connectivity index is 1.68. The molecule has 0 amide bonds. The number of nitrogens with zero attached hydrogens (tertiary/aromatic N) is 2. The lowest BCUT2D eigenvalue weighted by Crippen LogP contribution is -2.48. The van der Waals surface area contributed by atoms with Crippen molar-refractivity contribution in [2.24, 2.45) is 28.7 Å². The Hall–Kier alpha value is -1.83. The summed E-state index contributed by atoms with van der Waals surface area (Å²) in [5.41, 5.74) is 6.26. The van der Waals surface area contributed by atoms with E-state index in [1.807, 2.05) is 0 Å². The van der Waals surface area contributed by atoms with Gasteiger partial charge in [0.2, 0.25) is 0 Å². The highest BCUT2D eigenvalue weighted by Gasteiger charge is 2.49. The summed E-state index contributed by atoms with van der Waals surface area (Å²) < 4.78 is 0. The van der Waals surface area contributed by atoms with Gasteiger partial charge in [0.15, 0.2) is 0 Å². The number of allylic oxidation sites excluding steroid dienone is 2. The second-order valence-electron chi connectivity index (χ2n) is 13.0. The third kappa shape index (κ3) is 6.00. The molecule has 1 spiro atoms. The molecule has 0 aromatic heterocycles. The molecule has 1 aromatic carbocycles. The van der Waals surface area contributed by atoms with E-state index in [4.69, 9.17) is 11.6 Å². The highest BCUT2D eigenvalue weighted by molar-refractivity contribution is 6.01. The van der Waals surface area contributed by atoms with Crippen molar-refractivity contribution in [1.29, 1.82) is 0 Å². The van der Waals surface area contributed by atoms with E-state index < -0.39 is 0 Å². The molecular formula is C34H52N2. The Morgan fingerprint density at radius 2 is 1.61 bits per heavy atom. The maximum absolute atomic E-state index is 5.68. The van der Waals surface area contributed by atoms with Crippen LogP contribution < -0.4 is 0 Å². The van der Waals surface area contributed by atoms with Crippen LogP contribution in [0, 0.1) is 23.7 Å². The Morgan fingerprint density at radius 3 is 2.17 bits per heavy atom. The van der Waals surface area contributed by atoms with Crippen LogP contribution in [0.25, 0.3) is 5.57 Å². The van der Waals surface area contributed by atoms with Crippen molar-refractivity contribution >= 4 is 11.3 Å². The lowest BCUT2D eigenvalue weighted by Gasteiger charge is -2.48.